The highest BCUT2D eigenvalue weighted by atomic mass is 19.1. The van der Waals surface area contributed by atoms with Gasteiger partial charge in [0.05, 0.1) is 13.1 Å². The van der Waals surface area contributed by atoms with E-state index in [1.54, 1.807) is 12.1 Å². The van der Waals surface area contributed by atoms with E-state index in [-0.39, 0.29) is 30.5 Å². The molecule has 1 aromatic heterocycles. The van der Waals surface area contributed by atoms with E-state index >= 15 is 0 Å². The molecule has 2 aromatic rings. The van der Waals surface area contributed by atoms with E-state index in [4.69, 9.17) is 13.9 Å². The number of piperidine rings is 1. The number of ether oxygens (including phenoxy) is 2. The molecule has 2 aliphatic rings. The number of hydrogen-bond donors (Lipinski definition) is 0. The molecule has 1 atom stereocenters. The predicted octanol–water partition coefficient (Wildman–Crippen LogP) is 3.00. The minimum Gasteiger partial charge on any atom is -0.491 e. The van der Waals surface area contributed by atoms with Crippen LogP contribution in [0.4, 0.5) is 4.39 Å². The van der Waals surface area contributed by atoms with Crippen LogP contribution in [0, 0.1) is 12.7 Å². The van der Waals surface area contributed by atoms with Gasteiger partial charge in [0, 0.05) is 19.1 Å². The van der Waals surface area contributed by atoms with Crippen LogP contribution in [0.15, 0.2) is 40.8 Å². The summed E-state index contributed by atoms with van der Waals surface area (Å²) in [6.07, 6.45) is 1.70. The second-order valence-electron chi connectivity index (χ2n) is 7.76. The lowest BCUT2D eigenvalue weighted by Gasteiger charge is -2.42. The lowest BCUT2D eigenvalue weighted by Crippen LogP contribution is -2.55. The second-order valence-corrected chi connectivity index (χ2v) is 7.76. The number of morpholine rings is 1. The van der Waals surface area contributed by atoms with E-state index in [9.17, 15) is 9.18 Å². The average molecular weight is 402 g/mol. The topological polar surface area (TPSA) is 55.2 Å². The maximum absolute atomic E-state index is 13.0. The highest BCUT2D eigenvalue weighted by molar-refractivity contribution is 5.78. The highest BCUT2D eigenvalue weighted by Gasteiger charge is 2.34. The SMILES string of the molecule is Cc1ccc(CN2CCC(N3C[C@H](COc4ccc(F)cc4)OCC3=O)CC2)o1. The Morgan fingerprint density at radius 3 is 2.59 bits per heavy atom. The molecule has 0 spiro atoms. The maximum atomic E-state index is 13.0. The van der Waals surface area contributed by atoms with Gasteiger partial charge in [0.15, 0.2) is 0 Å². The first-order chi connectivity index (χ1) is 14.1. The number of aryl methyl sites for hydroxylation is 1. The summed E-state index contributed by atoms with van der Waals surface area (Å²) in [4.78, 5) is 16.7. The monoisotopic (exact) mass is 402 g/mol. The Morgan fingerprint density at radius 2 is 1.90 bits per heavy atom. The Balaban J connectivity index is 1.26. The molecule has 0 N–H and O–H groups in total. The van der Waals surface area contributed by atoms with Gasteiger partial charge in [-0.3, -0.25) is 9.69 Å². The maximum Gasteiger partial charge on any atom is 0.248 e. The first-order valence-corrected chi connectivity index (χ1v) is 10.1. The van der Waals surface area contributed by atoms with Crippen molar-refractivity contribution in [2.24, 2.45) is 0 Å². The molecule has 1 aromatic carbocycles. The first-order valence-electron chi connectivity index (χ1n) is 10.1. The summed E-state index contributed by atoms with van der Waals surface area (Å²) in [5.41, 5.74) is 0. The Labute approximate surface area is 170 Å². The van der Waals surface area contributed by atoms with Crippen LogP contribution in [0.1, 0.15) is 24.4 Å². The van der Waals surface area contributed by atoms with Gasteiger partial charge in [-0.1, -0.05) is 0 Å². The summed E-state index contributed by atoms with van der Waals surface area (Å²) in [5, 5.41) is 0. The quantitative estimate of drug-likeness (QED) is 0.744. The fourth-order valence-electron chi connectivity index (χ4n) is 4.00. The number of furan rings is 1. The van der Waals surface area contributed by atoms with E-state index in [0.717, 1.165) is 44.0 Å². The van der Waals surface area contributed by atoms with Gasteiger partial charge in [0.1, 0.15) is 42.4 Å². The molecule has 1 amide bonds. The van der Waals surface area contributed by atoms with Gasteiger partial charge >= 0.3 is 0 Å². The molecule has 2 aliphatic heterocycles. The van der Waals surface area contributed by atoms with Gasteiger partial charge in [-0.05, 0) is 56.2 Å². The van der Waals surface area contributed by atoms with E-state index in [1.807, 2.05) is 24.0 Å². The molecule has 0 bridgehead atoms. The molecule has 2 saturated heterocycles. The van der Waals surface area contributed by atoms with Crippen molar-refractivity contribution < 1.29 is 23.1 Å². The summed E-state index contributed by atoms with van der Waals surface area (Å²) in [7, 11) is 0. The number of nitrogens with zero attached hydrogens (tertiary/aromatic N) is 2. The molecule has 0 saturated carbocycles. The van der Waals surface area contributed by atoms with Gasteiger partial charge in [0.2, 0.25) is 5.91 Å². The summed E-state index contributed by atoms with van der Waals surface area (Å²) >= 11 is 0. The normalized spacial score (nSPS) is 21.5. The number of amides is 1. The van der Waals surface area contributed by atoms with Gasteiger partial charge in [0.25, 0.3) is 0 Å². The average Bonchev–Trinajstić information content (AvgIpc) is 3.14. The molecule has 0 radical (unpaired) electrons. The largest absolute Gasteiger partial charge is 0.491 e. The third kappa shape index (κ3) is 5.16. The molecular weight excluding hydrogens is 375 g/mol. The fraction of sp³-hybridized carbons (Fsp3) is 0.500. The van der Waals surface area contributed by atoms with Crippen molar-refractivity contribution in [3.63, 3.8) is 0 Å². The Bertz CT molecular complexity index is 814. The van der Waals surface area contributed by atoms with Crippen molar-refractivity contribution in [1.82, 2.24) is 9.80 Å². The van der Waals surface area contributed by atoms with Crippen molar-refractivity contribution in [3.05, 3.63) is 53.7 Å². The van der Waals surface area contributed by atoms with E-state index in [2.05, 4.69) is 4.90 Å². The van der Waals surface area contributed by atoms with Gasteiger partial charge in [-0.2, -0.15) is 0 Å². The van der Waals surface area contributed by atoms with E-state index < -0.39 is 0 Å². The van der Waals surface area contributed by atoms with Crippen molar-refractivity contribution in [3.8, 4) is 5.75 Å². The predicted molar refractivity (Wildman–Crippen MR) is 105 cm³/mol. The second kappa shape index (κ2) is 8.97. The molecular formula is C22H27FN2O4. The van der Waals surface area contributed by atoms with Crippen molar-refractivity contribution in [2.75, 3.05) is 32.8 Å². The van der Waals surface area contributed by atoms with Crippen LogP contribution < -0.4 is 4.74 Å². The van der Waals surface area contributed by atoms with Crippen molar-refractivity contribution in [2.45, 2.75) is 38.5 Å². The first kappa shape index (κ1) is 19.9. The van der Waals surface area contributed by atoms with Crippen LogP contribution in [0.3, 0.4) is 0 Å². The number of halogens is 1. The van der Waals surface area contributed by atoms with Crippen molar-refractivity contribution >= 4 is 5.91 Å². The van der Waals surface area contributed by atoms with E-state index in [0.29, 0.717) is 18.9 Å². The fourth-order valence-corrected chi connectivity index (χ4v) is 4.00. The lowest BCUT2D eigenvalue weighted by molar-refractivity contribution is -0.155. The molecule has 7 heteroatoms. The summed E-state index contributed by atoms with van der Waals surface area (Å²) in [6.45, 7) is 5.59. The van der Waals surface area contributed by atoms with Crippen LogP contribution in [-0.4, -0.2) is 60.7 Å². The zero-order valence-corrected chi connectivity index (χ0v) is 16.7. The van der Waals surface area contributed by atoms with E-state index in [1.165, 1.54) is 12.1 Å². The number of rotatable bonds is 6. The minimum absolute atomic E-state index is 0.0446. The smallest absolute Gasteiger partial charge is 0.248 e. The number of likely N-dealkylation sites (tertiary alicyclic amines) is 1. The molecule has 3 heterocycles. The van der Waals surface area contributed by atoms with Gasteiger partial charge in [-0.15, -0.1) is 0 Å². The minimum atomic E-state index is -0.295. The number of carbonyl (C=O) groups excluding carboxylic acids is 1. The number of carbonyl (C=O) groups is 1. The summed E-state index contributed by atoms with van der Waals surface area (Å²) < 4.78 is 30.0. The van der Waals surface area contributed by atoms with Gasteiger partial charge < -0.3 is 18.8 Å². The van der Waals surface area contributed by atoms with Gasteiger partial charge in [-0.25, -0.2) is 4.39 Å². The molecule has 2 fully saturated rings. The third-order valence-electron chi connectivity index (χ3n) is 5.59. The van der Waals surface area contributed by atoms with Crippen LogP contribution in [0.2, 0.25) is 0 Å². The van der Waals surface area contributed by atoms with Crippen LogP contribution in [0.25, 0.3) is 0 Å². The van der Waals surface area contributed by atoms with Crippen molar-refractivity contribution in [1.29, 1.82) is 0 Å². The van der Waals surface area contributed by atoms with Crippen LogP contribution in [0.5, 0.6) is 5.75 Å². The Kier molecular flexibility index (Phi) is 6.16. The summed E-state index contributed by atoms with van der Waals surface area (Å²) in [6, 6.07) is 10.2. The third-order valence-corrected chi connectivity index (χ3v) is 5.59. The Hall–Kier alpha value is -2.38. The molecule has 6 nitrogen and oxygen atoms in total. The highest BCUT2D eigenvalue weighted by Crippen LogP contribution is 2.22. The molecule has 4 rings (SSSR count). The Morgan fingerprint density at radius 1 is 1.14 bits per heavy atom. The number of hydrogen-bond acceptors (Lipinski definition) is 5. The number of benzene rings is 1. The molecule has 156 valence electrons. The lowest BCUT2D eigenvalue weighted by atomic mass is 10.0. The molecule has 0 unspecified atom stereocenters. The standard InChI is InChI=1S/C22H27FN2O4/c1-16-2-5-20(29-16)12-24-10-8-18(9-11-24)25-13-21(28-15-22(25)26)14-27-19-6-3-17(23)4-7-19/h2-7,18,21H,8-15H2,1H3/t21-/m1/s1. The zero-order chi connectivity index (χ0) is 20.2. The summed E-state index contributed by atoms with van der Waals surface area (Å²) in [5.74, 6) is 2.27. The molecule has 29 heavy (non-hydrogen) atoms. The molecule has 0 aliphatic carbocycles. The van der Waals surface area contributed by atoms with Crippen LogP contribution in [-0.2, 0) is 16.1 Å². The van der Waals surface area contributed by atoms with Crippen LogP contribution >= 0.6 is 0 Å². The zero-order valence-electron chi connectivity index (χ0n) is 16.7.